The van der Waals surface area contributed by atoms with Crippen molar-refractivity contribution in [1.82, 2.24) is 15.0 Å². The minimum atomic E-state index is 0.0751. The zero-order chi connectivity index (χ0) is 18.2. The zero-order valence-electron chi connectivity index (χ0n) is 16.5. The van der Waals surface area contributed by atoms with Crippen LogP contribution in [0.1, 0.15) is 68.3 Å². The molecule has 0 radical (unpaired) electrons. The van der Waals surface area contributed by atoms with E-state index >= 15 is 0 Å². The number of nitrogens with zero attached hydrogens (tertiary/aromatic N) is 3. The molecule has 0 saturated carbocycles. The molecule has 5 nitrogen and oxygen atoms in total. The highest BCUT2D eigenvalue weighted by molar-refractivity contribution is 5.94. The van der Waals surface area contributed by atoms with Crippen molar-refractivity contribution in [3.8, 4) is 0 Å². The van der Waals surface area contributed by atoms with Crippen LogP contribution in [0.2, 0.25) is 0 Å². The molecule has 25 heavy (non-hydrogen) atoms. The standard InChI is InChI=1S/C20H33N3O2/c1-20(2,3)14-9-10-17-16(12-14)18(21-25-17)19(24)23-11-7-6-8-15(23)13-22(4)5/h14-15H,6-13H2,1-5H3/t14-,15-/m1/s1. The molecule has 140 valence electrons. The van der Waals surface area contributed by atoms with Gasteiger partial charge in [0.1, 0.15) is 5.76 Å². The van der Waals surface area contributed by atoms with Crippen LogP contribution in [0.5, 0.6) is 0 Å². The van der Waals surface area contributed by atoms with Gasteiger partial charge in [-0.3, -0.25) is 4.79 Å². The van der Waals surface area contributed by atoms with E-state index in [0.717, 1.165) is 56.5 Å². The SMILES string of the molecule is CN(C)C[C@H]1CCCCN1C(=O)c1noc2c1C[C@H](C(C)(C)C)CC2. The van der Waals surface area contributed by atoms with Crippen molar-refractivity contribution in [3.63, 3.8) is 0 Å². The van der Waals surface area contributed by atoms with Crippen LogP contribution in [0.15, 0.2) is 4.52 Å². The van der Waals surface area contributed by atoms with Crippen molar-refractivity contribution in [3.05, 3.63) is 17.0 Å². The van der Waals surface area contributed by atoms with E-state index in [0.29, 0.717) is 11.6 Å². The van der Waals surface area contributed by atoms with E-state index in [1.807, 2.05) is 4.90 Å². The predicted molar refractivity (Wildman–Crippen MR) is 98.7 cm³/mol. The molecule has 2 aliphatic rings. The van der Waals surface area contributed by atoms with Crippen LogP contribution in [-0.4, -0.2) is 54.1 Å². The lowest BCUT2D eigenvalue weighted by Gasteiger charge is -2.37. The normalized spacial score (nSPS) is 24.5. The van der Waals surface area contributed by atoms with E-state index in [1.165, 1.54) is 6.42 Å². The minimum Gasteiger partial charge on any atom is -0.360 e. The third-order valence-corrected chi connectivity index (χ3v) is 5.93. The summed E-state index contributed by atoms with van der Waals surface area (Å²) < 4.78 is 5.57. The van der Waals surface area contributed by atoms with Gasteiger partial charge in [0.15, 0.2) is 5.69 Å². The Morgan fingerprint density at radius 2 is 2.04 bits per heavy atom. The highest BCUT2D eigenvalue weighted by Crippen LogP contribution is 2.38. The Kier molecular flexibility index (Phi) is 5.24. The summed E-state index contributed by atoms with van der Waals surface area (Å²) in [6.45, 7) is 8.61. The van der Waals surface area contributed by atoms with E-state index in [4.69, 9.17) is 4.52 Å². The fourth-order valence-electron chi connectivity index (χ4n) is 4.33. The van der Waals surface area contributed by atoms with E-state index in [-0.39, 0.29) is 17.4 Å². The first-order chi connectivity index (χ1) is 11.8. The van der Waals surface area contributed by atoms with Crippen LogP contribution in [0.25, 0.3) is 0 Å². The zero-order valence-corrected chi connectivity index (χ0v) is 16.5. The Morgan fingerprint density at radius 1 is 1.28 bits per heavy atom. The van der Waals surface area contributed by atoms with Crippen LogP contribution in [0.3, 0.4) is 0 Å². The monoisotopic (exact) mass is 347 g/mol. The number of fused-ring (bicyclic) bond motifs is 1. The van der Waals surface area contributed by atoms with Crippen LogP contribution >= 0.6 is 0 Å². The lowest BCUT2D eigenvalue weighted by Crippen LogP contribution is -2.48. The molecule has 3 rings (SSSR count). The number of aromatic nitrogens is 1. The molecule has 1 saturated heterocycles. The molecule has 1 aromatic rings. The van der Waals surface area contributed by atoms with E-state index in [1.54, 1.807) is 0 Å². The molecule has 1 amide bonds. The molecule has 0 aromatic carbocycles. The van der Waals surface area contributed by atoms with Crippen molar-refractivity contribution in [1.29, 1.82) is 0 Å². The molecule has 2 heterocycles. The third kappa shape index (κ3) is 3.91. The number of amides is 1. The highest BCUT2D eigenvalue weighted by Gasteiger charge is 2.37. The molecule has 1 fully saturated rings. The van der Waals surface area contributed by atoms with Crippen LogP contribution in [0, 0.1) is 11.3 Å². The van der Waals surface area contributed by atoms with Crippen LogP contribution in [-0.2, 0) is 12.8 Å². The summed E-state index contributed by atoms with van der Waals surface area (Å²) >= 11 is 0. The first-order valence-corrected chi connectivity index (χ1v) is 9.70. The van der Waals surface area contributed by atoms with Gasteiger partial charge in [-0.2, -0.15) is 0 Å². The quantitative estimate of drug-likeness (QED) is 0.841. The van der Waals surface area contributed by atoms with Gasteiger partial charge in [-0.1, -0.05) is 25.9 Å². The second-order valence-electron chi connectivity index (χ2n) is 9.15. The Morgan fingerprint density at radius 3 is 2.72 bits per heavy atom. The number of piperidine rings is 1. The van der Waals surface area contributed by atoms with Crippen molar-refractivity contribution < 1.29 is 9.32 Å². The van der Waals surface area contributed by atoms with Gasteiger partial charge in [0.05, 0.1) is 0 Å². The van der Waals surface area contributed by atoms with Gasteiger partial charge in [-0.25, -0.2) is 0 Å². The summed E-state index contributed by atoms with van der Waals surface area (Å²) in [6.07, 6.45) is 6.29. The third-order valence-electron chi connectivity index (χ3n) is 5.93. The van der Waals surface area contributed by atoms with Crippen LogP contribution in [0.4, 0.5) is 0 Å². The summed E-state index contributed by atoms with van der Waals surface area (Å²) in [7, 11) is 4.15. The van der Waals surface area contributed by atoms with Gasteiger partial charge < -0.3 is 14.3 Å². The topological polar surface area (TPSA) is 49.6 Å². The molecular weight excluding hydrogens is 314 g/mol. The largest absolute Gasteiger partial charge is 0.360 e. The summed E-state index contributed by atoms with van der Waals surface area (Å²) in [6, 6.07) is 0.283. The Labute approximate surface area is 151 Å². The van der Waals surface area contributed by atoms with Gasteiger partial charge >= 0.3 is 0 Å². The van der Waals surface area contributed by atoms with Crippen molar-refractivity contribution in [2.75, 3.05) is 27.2 Å². The van der Waals surface area contributed by atoms with Gasteiger partial charge in [-0.05, 0) is 57.5 Å². The molecule has 1 aromatic heterocycles. The number of rotatable bonds is 3. The maximum Gasteiger partial charge on any atom is 0.276 e. The van der Waals surface area contributed by atoms with Gasteiger partial charge in [0.2, 0.25) is 0 Å². The smallest absolute Gasteiger partial charge is 0.276 e. The Balaban J connectivity index is 1.82. The maximum absolute atomic E-state index is 13.3. The summed E-state index contributed by atoms with van der Waals surface area (Å²) in [4.78, 5) is 17.5. The van der Waals surface area contributed by atoms with E-state index < -0.39 is 0 Å². The lowest BCUT2D eigenvalue weighted by molar-refractivity contribution is 0.0563. The molecular formula is C20H33N3O2. The molecule has 0 unspecified atom stereocenters. The molecule has 0 spiro atoms. The molecule has 2 atom stereocenters. The number of likely N-dealkylation sites (N-methyl/N-ethyl adjacent to an activating group) is 1. The molecule has 0 N–H and O–H groups in total. The fourth-order valence-corrected chi connectivity index (χ4v) is 4.33. The molecule has 0 bridgehead atoms. The number of carbonyl (C=O) groups is 1. The molecule has 5 heteroatoms. The number of aryl methyl sites for hydroxylation is 1. The van der Waals surface area contributed by atoms with Gasteiger partial charge in [-0.15, -0.1) is 0 Å². The maximum atomic E-state index is 13.3. The summed E-state index contributed by atoms with van der Waals surface area (Å²) in [5.41, 5.74) is 1.90. The number of hydrogen-bond acceptors (Lipinski definition) is 4. The van der Waals surface area contributed by atoms with Crippen LogP contribution < -0.4 is 0 Å². The fraction of sp³-hybridized carbons (Fsp3) is 0.800. The summed E-state index contributed by atoms with van der Waals surface area (Å²) in [5.74, 6) is 1.58. The van der Waals surface area contributed by atoms with Crippen molar-refractivity contribution in [2.24, 2.45) is 11.3 Å². The average molecular weight is 348 g/mol. The first kappa shape index (κ1) is 18.4. The Hall–Kier alpha value is -1.36. The summed E-state index contributed by atoms with van der Waals surface area (Å²) in [5, 5.41) is 4.22. The second-order valence-corrected chi connectivity index (χ2v) is 9.15. The van der Waals surface area contributed by atoms with Crippen molar-refractivity contribution in [2.45, 2.75) is 65.3 Å². The highest BCUT2D eigenvalue weighted by atomic mass is 16.5. The Bertz CT molecular complexity index is 615. The number of hydrogen-bond donors (Lipinski definition) is 0. The number of carbonyl (C=O) groups excluding carboxylic acids is 1. The second kappa shape index (κ2) is 7.10. The minimum absolute atomic E-state index is 0.0751. The predicted octanol–water partition coefficient (Wildman–Crippen LogP) is 3.38. The first-order valence-electron chi connectivity index (χ1n) is 9.70. The van der Waals surface area contributed by atoms with Gasteiger partial charge in [0.25, 0.3) is 5.91 Å². The van der Waals surface area contributed by atoms with Gasteiger partial charge in [0, 0.05) is 31.1 Å². The van der Waals surface area contributed by atoms with E-state index in [9.17, 15) is 4.79 Å². The molecule has 1 aliphatic heterocycles. The van der Waals surface area contributed by atoms with Crippen molar-refractivity contribution >= 4 is 5.91 Å². The lowest BCUT2D eigenvalue weighted by atomic mass is 9.71. The molecule has 1 aliphatic carbocycles. The average Bonchev–Trinajstić information content (AvgIpc) is 2.96. The van der Waals surface area contributed by atoms with E-state index in [2.05, 4.69) is 44.9 Å². The number of likely N-dealkylation sites (tertiary alicyclic amines) is 1.